The minimum absolute atomic E-state index is 0.246. The van der Waals surface area contributed by atoms with Crippen LogP contribution in [0.5, 0.6) is 0 Å². The molecule has 30 heavy (non-hydrogen) atoms. The first-order valence-corrected chi connectivity index (χ1v) is 13.6. The van der Waals surface area contributed by atoms with E-state index < -0.39 is 10.1 Å². The third kappa shape index (κ3) is 7.27. The second-order valence-corrected chi connectivity index (χ2v) is 11.0. The molecule has 3 rings (SSSR count). The zero-order valence-electron chi connectivity index (χ0n) is 18.7. The average Bonchev–Trinajstić information content (AvgIpc) is 2.77. The van der Waals surface area contributed by atoms with Crippen LogP contribution in [0.1, 0.15) is 89.0 Å². The van der Waals surface area contributed by atoms with Gasteiger partial charge < -0.3 is 0 Å². The highest BCUT2D eigenvalue weighted by atomic mass is 32.2. The van der Waals surface area contributed by atoms with E-state index in [1.165, 1.54) is 64.2 Å². The summed E-state index contributed by atoms with van der Waals surface area (Å²) in [6.07, 6.45) is 19.3. The SMILES string of the molecule is Cc1ccc(S(=O)(=O)OCCCC/C=C/B(C2CCCCC2)C2CCCCC2)cc1. The zero-order chi connectivity index (χ0) is 21.2. The molecular weight excluding hydrogens is 391 g/mol. The topological polar surface area (TPSA) is 43.4 Å². The molecule has 1 aromatic rings. The van der Waals surface area contributed by atoms with Gasteiger partial charge >= 0.3 is 0 Å². The van der Waals surface area contributed by atoms with E-state index in [1.54, 1.807) is 24.3 Å². The van der Waals surface area contributed by atoms with Gasteiger partial charge in [0.1, 0.15) is 0 Å². The summed E-state index contributed by atoms with van der Waals surface area (Å²) < 4.78 is 29.7. The molecule has 0 aromatic heterocycles. The van der Waals surface area contributed by atoms with Gasteiger partial charge in [0.2, 0.25) is 0 Å². The first kappa shape index (κ1) is 23.6. The van der Waals surface area contributed by atoms with Crippen molar-refractivity contribution in [2.24, 2.45) is 0 Å². The maximum Gasteiger partial charge on any atom is 0.296 e. The van der Waals surface area contributed by atoms with Gasteiger partial charge in [0.05, 0.1) is 11.5 Å². The lowest BCUT2D eigenvalue weighted by Gasteiger charge is -2.34. The Balaban J connectivity index is 1.41. The third-order valence-corrected chi connectivity index (χ3v) is 8.39. The second-order valence-electron chi connectivity index (χ2n) is 9.39. The lowest BCUT2D eigenvalue weighted by molar-refractivity contribution is 0.309. The molecule has 1 aromatic carbocycles. The largest absolute Gasteiger partial charge is 0.296 e. The van der Waals surface area contributed by atoms with E-state index in [1.807, 2.05) is 6.92 Å². The van der Waals surface area contributed by atoms with Crippen molar-refractivity contribution in [1.29, 1.82) is 0 Å². The van der Waals surface area contributed by atoms with Crippen molar-refractivity contribution in [3.8, 4) is 0 Å². The van der Waals surface area contributed by atoms with E-state index >= 15 is 0 Å². The Morgan fingerprint density at radius 1 is 0.900 bits per heavy atom. The van der Waals surface area contributed by atoms with Gasteiger partial charge in [0.25, 0.3) is 10.1 Å². The quantitative estimate of drug-likeness (QED) is 0.225. The highest BCUT2D eigenvalue weighted by molar-refractivity contribution is 7.86. The van der Waals surface area contributed by atoms with Crippen molar-refractivity contribution >= 4 is 16.8 Å². The molecule has 3 nitrogen and oxygen atoms in total. The van der Waals surface area contributed by atoms with Gasteiger partial charge in [-0.15, -0.1) is 5.98 Å². The van der Waals surface area contributed by atoms with Crippen LogP contribution in [0.4, 0.5) is 0 Å². The summed E-state index contributed by atoms with van der Waals surface area (Å²) in [6.45, 7) is 2.97. The van der Waals surface area contributed by atoms with Crippen LogP contribution in [0.15, 0.2) is 41.2 Å². The normalized spacial score (nSPS) is 19.4. The number of hydrogen-bond acceptors (Lipinski definition) is 3. The van der Waals surface area contributed by atoms with E-state index in [0.29, 0.717) is 0 Å². The fourth-order valence-electron chi connectivity index (χ4n) is 5.30. The van der Waals surface area contributed by atoms with Crippen LogP contribution in [-0.4, -0.2) is 21.7 Å². The van der Waals surface area contributed by atoms with Crippen LogP contribution < -0.4 is 0 Å². The van der Waals surface area contributed by atoms with Crippen LogP contribution >= 0.6 is 0 Å². The van der Waals surface area contributed by atoms with Crippen LogP contribution in [0.2, 0.25) is 11.6 Å². The van der Waals surface area contributed by atoms with Crippen molar-refractivity contribution < 1.29 is 12.6 Å². The van der Waals surface area contributed by atoms with Crippen LogP contribution in [-0.2, 0) is 14.3 Å². The number of aryl methyl sites for hydroxylation is 1. The molecular formula is C25H39BO3S. The van der Waals surface area contributed by atoms with Gasteiger partial charge in [-0.25, -0.2) is 0 Å². The summed E-state index contributed by atoms with van der Waals surface area (Å²) in [6, 6.07) is 6.83. The summed E-state index contributed by atoms with van der Waals surface area (Å²) in [7, 11) is -3.63. The fraction of sp³-hybridized carbons (Fsp3) is 0.680. The smallest absolute Gasteiger partial charge is 0.266 e. The van der Waals surface area contributed by atoms with Crippen LogP contribution in [0, 0.1) is 6.92 Å². The maximum absolute atomic E-state index is 12.2. The Morgan fingerprint density at radius 2 is 1.47 bits per heavy atom. The van der Waals surface area contributed by atoms with Gasteiger partial charge in [-0.1, -0.05) is 99.6 Å². The number of benzene rings is 1. The summed E-state index contributed by atoms with van der Waals surface area (Å²) >= 11 is 0. The fourth-order valence-corrected chi connectivity index (χ4v) is 6.24. The number of hydrogen-bond donors (Lipinski definition) is 0. The van der Waals surface area contributed by atoms with E-state index in [9.17, 15) is 8.42 Å². The third-order valence-electron chi connectivity index (χ3n) is 7.06. The number of allylic oxidation sites excluding steroid dienone is 1. The average molecular weight is 430 g/mol. The van der Waals surface area contributed by atoms with Gasteiger partial charge in [0, 0.05) is 0 Å². The molecule has 0 amide bonds. The maximum atomic E-state index is 12.2. The molecule has 0 aliphatic heterocycles. The van der Waals surface area contributed by atoms with Crippen molar-refractivity contribution in [2.45, 2.75) is 107 Å². The van der Waals surface area contributed by atoms with Crippen molar-refractivity contribution in [3.63, 3.8) is 0 Å². The van der Waals surface area contributed by atoms with Gasteiger partial charge in [-0.3, -0.25) is 4.18 Å². The van der Waals surface area contributed by atoms with E-state index in [0.717, 1.165) is 43.2 Å². The molecule has 0 unspecified atom stereocenters. The summed E-state index contributed by atoms with van der Waals surface area (Å²) in [5.41, 5.74) is 1.04. The van der Waals surface area contributed by atoms with Gasteiger partial charge in [-0.05, 0) is 38.3 Å². The first-order valence-electron chi connectivity index (χ1n) is 12.2. The zero-order valence-corrected chi connectivity index (χ0v) is 19.5. The molecule has 5 heteroatoms. The predicted molar refractivity (Wildman–Crippen MR) is 127 cm³/mol. The Labute approximate surface area is 184 Å². The molecule has 0 N–H and O–H groups in total. The van der Waals surface area contributed by atoms with Crippen molar-refractivity contribution in [2.75, 3.05) is 6.61 Å². The molecule has 0 heterocycles. The molecule has 2 aliphatic rings. The van der Waals surface area contributed by atoms with Crippen molar-refractivity contribution in [1.82, 2.24) is 0 Å². The van der Waals surface area contributed by atoms with E-state index in [2.05, 4.69) is 12.1 Å². The standard InChI is InChI=1S/C25H39BO3S/c1-22-16-18-25(19-17-22)30(27,28)29-21-11-3-2-10-20-26(23-12-6-4-7-13-23)24-14-8-5-9-15-24/h10,16-20,23-24H,2-9,11-15,21H2,1H3/b20-10+. The second kappa shape index (κ2) is 12.1. The summed E-state index contributed by atoms with van der Waals surface area (Å²) in [5, 5.41) is 0. The molecule has 2 fully saturated rings. The molecule has 0 bridgehead atoms. The minimum Gasteiger partial charge on any atom is -0.266 e. The molecule has 166 valence electrons. The molecule has 2 saturated carbocycles. The highest BCUT2D eigenvalue weighted by Gasteiger charge is 2.32. The lowest BCUT2D eigenvalue weighted by atomic mass is 9.30. The Kier molecular flexibility index (Phi) is 9.51. The van der Waals surface area contributed by atoms with Crippen molar-refractivity contribution in [3.05, 3.63) is 41.9 Å². The Hall–Kier alpha value is -1.07. The first-order chi connectivity index (χ1) is 14.6. The van der Waals surface area contributed by atoms with Gasteiger partial charge in [-0.2, -0.15) is 8.42 Å². The van der Waals surface area contributed by atoms with Gasteiger partial charge in [0.15, 0.2) is 6.71 Å². The Morgan fingerprint density at radius 3 is 2.03 bits per heavy atom. The number of unbranched alkanes of at least 4 members (excludes halogenated alkanes) is 2. The molecule has 2 aliphatic carbocycles. The Bertz CT molecular complexity index is 727. The molecule has 0 saturated heterocycles. The van der Waals surface area contributed by atoms with E-state index in [4.69, 9.17) is 4.18 Å². The van der Waals surface area contributed by atoms with Crippen LogP contribution in [0.25, 0.3) is 0 Å². The summed E-state index contributed by atoms with van der Waals surface area (Å²) in [4.78, 5) is 0.246. The predicted octanol–water partition coefficient (Wildman–Crippen LogP) is 7.13. The number of rotatable bonds is 10. The molecule has 0 spiro atoms. The van der Waals surface area contributed by atoms with E-state index in [-0.39, 0.29) is 11.5 Å². The monoisotopic (exact) mass is 430 g/mol. The van der Waals surface area contributed by atoms with Crippen LogP contribution in [0.3, 0.4) is 0 Å². The molecule has 0 atom stereocenters. The highest BCUT2D eigenvalue weighted by Crippen LogP contribution is 2.41. The summed E-state index contributed by atoms with van der Waals surface area (Å²) in [5.74, 6) is 4.32. The minimum atomic E-state index is -3.63. The molecule has 0 radical (unpaired) electrons. The lowest BCUT2D eigenvalue weighted by Crippen LogP contribution is -2.28.